The lowest BCUT2D eigenvalue weighted by molar-refractivity contribution is 0.235. The monoisotopic (exact) mass is 369 g/mol. The minimum atomic E-state index is -0.0103. The smallest absolute Gasteiger partial charge is 0.244 e. The summed E-state index contributed by atoms with van der Waals surface area (Å²) < 4.78 is 14.0. The van der Waals surface area contributed by atoms with E-state index in [-0.39, 0.29) is 6.10 Å². The lowest BCUT2D eigenvalue weighted by atomic mass is 10.4. The van der Waals surface area contributed by atoms with Gasteiger partial charge in [-0.25, -0.2) is 4.98 Å². The van der Waals surface area contributed by atoms with E-state index in [4.69, 9.17) is 4.74 Å². The van der Waals surface area contributed by atoms with Gasteiger partial charge in [-0.1, -0.05) is 0 Å². The molecule has 1 N–H and O–H groups in total. The second kappa shape index (κ2) is 6.41. The molecule has 8 nitrogen and oxygen atoms in total. The highest BCUT2D eigenvalue weighted by molar-refractivity contribution is 7.10. The SMILES string of the molecule is Cc1cc(Nc2nc(OC(C)C)c3c(ccn3-c3cnn(C)c3)n2)sn1. The van der Waals surface area contributed by atoms with Crippen molar-refractivity contribution in [2.24, 2.45) is 7.05 Å². The molecule has 4 aromatic heterocycles. The van der Waals surface area contributed by atoms with Crippen molar-refractivity contribution < 1.29 is 4.74 Å². The molecular formula is C17H19N7OS. The van der Waals surface area contributed by atoms with Crippen LogP contribution in [-0.2, 0) is 7.05 Å². The quantitative estimate of drug-likeness (QED) is 0.580. The molecule has 134 valence electrons. The van der Waals surface area contributed by atoms with Crippen molar-refractivity contribution in [1.29, 1.82) is 0 Å². The molecule has 0 amide bonds. The van der Waals surface area contributed by atoms with E-state index < -0.39 is 0 Å². The fourth-order valence-electron chi connectivity index (χ4n) is 2.65. The third-order valence-corrected chi connectivity index (χ3v) is 4.48. The van der Waals surface area contributed by atoms with E-state index in [0.29, 0.717) is 11.8 Å². The van der Waals surface area contributed by atoms with Crippen LogP contribution in [0, 0.1) is 6.92 Å². The van der Waals surface area contributed by atoms with Crippen LogP contribution >= 0.6 is 11.5 Å². The first-order valence-electron chi connectivity index (χ1n) is 8.24. The molecule has 0 aliphatic heterocycles. The lowest BCUT2D eigenvalue weighted by Gasteiger charge is -2.13. The number of aromatic nitrogens is 6. The van der Waals surface area contributed by atoms with E-state index in [0.717, 1.165) is 27.4 Å². The van der Waals surface area contributed by atoms with Gasteiger partial charge in [-0.15, -0.1) is 0 Å². The van der Waals surface area contributed by atoms with Gasteiger partial charge in [0.05, 0.1) is 29.2 Å². The van der Waals surface area contributed by atoms with Crippen LogP contribution in [0.25, 0.3) is 16.7 Å². The summed E-state index contributed by atoms with van der Waals surface area (Å²) in [5.41, 5.74) is 3.50. The Bertz CT molecular complexity index is 1060. The van der Waals surface area contributed by atoms with Crippen LogP contribution in [0.5, 0.6) is 5.88 Å². The van der Waals surface area contributed by atoms with Crippen LogP contribution in [0.15, 0.2) is 30.7 Å². The highest BCUT2D eigenvalue weighted by Gasteiger charge is 2.17. The largest absolute Gasteiger partial charge is 0.473 e. The number of hydrogen-bond acceptors (Lipinski definition) is 7. The Labute approximate surface area is 154 Å². The van der Waals surface area contributed by atoms with Crippen LogP contribution in [0.1, 0.15) is 19.5 Å². The number of nitrogens with one attached hydrogen (secondary N) is 1. The number of ether oxygens (including phenoxy) is 1. The fourth-order valence-corrected chi connectivity index (χ4v) is 3.31. The molecule has 0 aromatic carbocycles. The maximum atomic E-state index is 5.99. The number of anilines is 2. The molecule has 0 saturated carbocycles. The maximum absolute atomic E-state index is 5.99. The fraction of sp³-hybridized carbons (Fsp3) is 0.294. The molecule has 0 bridgehead atoms. The van der Waals surface area contributed by atoms with Gasteiger partial charge in [0, 0.05) is 19.4 Å². The van der Waals surface area contributed by atoms with E-state index in [2.05, 4.69) is 24.8 Å². The van der Waals surface area contributed by atoms with Gasteiger partial charge < -0.3 is 14.6 Å². The zero-order chi connectivity index (χ0) is 18.3. The molecule has 0 atom stereocenters. The predicted octanol–water partition coefficient (Wildman–Crippen LogP) is 3.45. The van der Waals surface area contributed by atoms with Crippen LogP contribution in [-0.4, -0.2) is 34.8 Å². The van der Waals surface area contributed by atoms with Crippen LogP contribution in [0.4, 0.5) is 10.9 Å². The molecule has 0 aliphatic rings. The van der Waals surface area contributed by atoms with Gasteiger partial charge in [-0.3, -0.25) is 4.68 Å². The summed E-state index contributed by atoms with van der Waals surface area (Å²) in [5.74, 6) is 1.02. The zero-order valence-electron chi connectivity index (χ0n) is 15.0. The Morgan fingerprint density at radius 3 is 2.77 bits per heavy atom. The van der Waals surface area contributed by atoms with Crippen LogP contribution in [0.2, 0.25) is 0 Å². The van der Waals surface area contributed by atoms with Gasteiger partial charge in [0.15, 0.2) is 0 Å². The van der Waals surface area contributed by atoms with Crippen molar-refractivity contribution in [2.45, 2.75) is 26.9 Å². The molecule has 0 radical (unpaired) electrons. The second-order valence-electron chi connectivity index (χ2n) is 6.27. The Kier molecular flexibility index (Phi) is 4.08. The van der Waals surface area contributed by atoms with Gasteiger partial charge in [-0.05, 0) is 44.4 Å². The summed E-state index contributed by atoms with van der Waals surface area (Å²) >= 11 is 1.38. The van der Waals surface area contributed by atoms with Crippen molar-refractivity contribution in [2.75, 3.05) is 5.32 Å². The number of rotatable bonds is 5. The molecule has 0 fully saturated rings. The molecule has 4 heterocycles. The predicted molar refractivity (Wildman–Crippen MR) is 102 cm³/mol. The Morgan fingerprint density at radius 2 is 2.12 bits per heavy atom. The van der Waals surface area contributed by atoms with E-state index >= 15 is 0 Å². The average Bonchev–Trinajstić information content (AvgIpc) is 3.27. The van der Waals surface area contributed by atoms with E-state index in [1.165, 1.54) is 11.5 Å². The molecule has 0 aliphatic carbocycles. The standard InChI is InChI=1S/C17H19N7OS/c1-10(2)25-16-15-13(5-6-24(15)12-8-18-23(4)9-12)19-17(21-16)20-14-7-11(3)22-26-14/h5-10H,1-4H3,(H,19,20,21). The van der Waals surface area contributed by atoms with E-state index in [9.17, 15) is 0 Å². The number of nitrogens with zero attached hydrogens (tertiary/aromatic N) is 6. The molecule has 0 unspecified atom stereocenters. The minimum Gasteiger partial charge on any atom is -0.473 e. The summed E-state index contributed by atoms with van der Waals surface area (Å²) in [5, 5.41) is 8.35. The summed E-state index contributed by atoms with van der Waals surface area (Å²) in [7, 11) is 1.89. The van der Waals surface area contributed by atoms with Crippen LogP contribution in [0.3, 0.4) is 0 Å². The van der Waals surface area contributed by atoms with Crippen molar-refractivity contribution >= 4 is 33.5 Å². The third-order valence-electron chi connectivity index (χ3n) is 3.68. The van der Waals surface area contributed by atoms with Gasteiger partial charge >= 0.3 is 0 Å². The van der Waals surface area contributed by atoms with E-state index in [1.807, 2.05) is 56.9 Å². The topological polar surface area (TPSA) is 82.7 Å². The highest BCUT2D eigenvalue weighted by Crippen LogP contribution is 2.30. The molecule has 26 heavy (non-hydrogen) atoms. The summed E-state index contributed by atoms with van der Waals surface area (Å²) in [6, 6.07) is 3.91. The third kappa shape index (κ3) is 3.13. The van der Waals surface area contributed by atoms with Gasteiger partial charge in [-0.2, -0.15) is 14.5 Å². The van der Waals surface area contributed by atoms with Gasteiger partial charge in [0.25, 0.3) is 0 Å². The molecule has 0 saturated heterocycles. The van der Waals surface area contributed by atoms with Crippen molar-refractivity contribution in [3.05, 3.63) is 36.4 Å². The molecule has 4 rings (SSSR count). The first-order chi connectivity index (χ1) is 12.5. The number of hydrogen-bond donors (Lipinski definition) is 1. The molecule has 0 spiro atoms. The average molecular weight is 369 g/mol. The van der Waals surface area contributed by atoms with Crippen LogP contribution < -0.4 is 10.1 Å². The zero-order valence-corrected chi connectivity index (χ0v) is 15.8. The lowest BCUT2D eigenvalue weighted by Crippen LogP contribution is -2.10. The number of fused-ring (bicyclic) bond motifs is 1. The van der Waals surface area contributed by atoms with Gasteiger partial charge in [0.2, 0.25) is 11.8 Å². The highest BCUT2D eigenvalue weighted by atomic mass is 32.1. The first kappa shape index (κ1) is 16.5. The maximum Gasteiger partial charge on any atom is 0.244 e. The summed E-state index contributed by atoms with van der Waals surface area (Å²) in [6.45, 7) is 5.91. The molecular weight excluding hydrogens is 350 g/mol. The normalized spacial score (nSPS) is 11.4. The molecule has 9 heteroatoms. The minimum absolute atomic E-state index is 0.0103. The second-order valence-corrected chi connectivity index (χ2v) is 7.07. The Hall–Kier alpha value is -2.94. The van der Waals surface area contributed by atoms with Gasteiger partial charge in [0.1, 0.15) is 10.5 Å². The first-order valence-corrected chi connectivity index (χ1v) is 9.02. The van der Waals surface area contributed by atoms with Crippen molar-refractivity contribution in [3.63, 3.8) is 0 Å². The Morgan fingerprint density at radius 1 is 1.27 bits per heavy atom. The summed E-state index contributed by atoms with van der Waals surface area (Å²) in [6.07, 6.45) is 5.67. The van der Waals surface area contributed by atoms with Crippen molar-refractivity contribution in [1.82, 2.24) is 28.7 Å². The van der Waals surface area contributed by atoms with Crippen molar-refractivity contribution in [3.8, 4) is 11.6 Å². The molecule has 4 aromatic rings. The Balaban J connectivity index is 1.82. The van der Waals surface area contributed by atoms with E-state index in [1.54, 1.807) is 10.9 Å². The number of aryl methyl sites for hydroxylation is 2. The summed E-state index contributed by atoms with van der Waals surface area (Å²) in [4.78, 5) is 9.23.